The Morgan fingerprint density at radius 1 is 0.184 bits per heavy atom. The van der Waals surface area contributed by atoms with Gasteiger partial charge in [-0.15, -0.1) is 0 Å². The standard InChI is InChI=1S/2C18H16Si/c2*1-4-10-16(11-5-1)19(17-12-6-2-7-13-17)18-14-8-3-9-15-18/h2*1-15,19H. The van der Waals surface area contributed by atoms with Crippen molar-refractivity contribution in [2.45, 2.75) is 0 Å². The molecule has 6 rings (SSSR count). The van der Waals surface area contributed by atoms with Gasteiger partial charge in [-0.1, -0.05) is 213 Å². The second-order valence-corrected chi connectivity index (χ2v) is 15.1. The molecular weight excluding hydrogens is 489 g/mol. The highest BCUT2D eigenvalue weighted by Crippen LogP contribution is 1.97. The third kappa shape index (κ3) is 6.54. The summed E-state index contributed by atoms with van der Waals surface area (Å²) in [7, 11) is -2.62. The molecule has 2 heteroatoms. The molecule has 0 saturated heterocycles. The van der Waals surface area contributed by atoms with Crippen LogP contribution in [-0.2, 0) is 0 Å². The van der Waals surface area contributed by atoms with E-state index in [-0.39, 0.29) is 0 Å². The van der Waals surface area contributed by atoms with Crippen LogP contribution < -0.4 is 31.1 Å². The molecule has 0 heterocycles. The van der Waals surface area contributed by atoms with Gasteiger partial charge in [0.05, 0.1) is 0 Å². The number of rotatable bonds is 6. The van der Waals surface area contributed by atoms with Gasteiger partial charge in [0.2, 0.25) is 0 Å². The van der Waals surface area contributed by atoms with Crippen LogP contribution in [0, 0.1) is 0 Å². The lowest BCUT2D eigenvalue weighted by Crippen LogP contribution is -2.51. The Morgan fingerprint density at radius 2 is 0.316 bits per heavy atom. The van der Waals surface area contributed by atoms with Crippen LogP contribution in [0.1, 0.15) is 0 Å². The van der Waals surface area contributed by atoms with Gasteiger partial charge in [0.25, 0.3) is 0 Å². The zero-order valence-electron chi connectivity index (χ0n) is 21.5. The Kier molecular flexibility index (Phi) is 8.92. The van der Waals surface area contributed by atoms with E-state index in [1.165, 1.54) is 31.1 Å². The second-order valence-electron chi connectivity index (χ2n) is 9.33. The molecule has 6 aromatic rings. The van der Waals surface area contributed by atoms with Crippen molar-refractivity contribution in [2.75, 3.05) is 0 Å². The molecule has 0 spiro atoms. The molecule has 0 fully saturated rings. The van der Waals surface area contributed by atoms with Crippen LogP contribution in [0.4, 0.5) is 0 Å². The van der Waals surface area contributed by atoms with Crippen molar-refractivity contribution < 1.29 is 0 Å². The minimum Gasteiger partial charge on any atom is -0.0625 e. The quantitative estimate of drug-likeness (QED) is 0.231. The molecule has 0 atom stereocenters. The zero-order valence-corrected chi connectivity index (χ0v) is 23.8. The summed E-state index contributed by atoms with van der Waals surface area (Å²) in [5.41, 5.74) is 0. The minimum absolute atomic E-state index is 1.31. The van der Waals surface area contributed by atoms with Crippen molar-refractivity contribution in [3.63, 3.8) is 0 Å². The van der Waals surface area contributed by atoms with Crippen LogP contribution >= 0.6 is 0 Å². The highest BCUT2D eigenvalue weighted by atomic mass is 28.3. The Bertz CT molecular complexity index is 1170. The van der Waals surface area contributed by atoms with E-state index in [4.69, 9.17) is 0 Å². The highest BCUT2D eigenvalue weighted by molar-refractivity contribution is 6.96. The molecule has 6 aromatic carbocycles. The molecule has 0 aromatic heterocycles. The first-order chi connectivity index (χ1) is 18.9. The van der Waals surface area contributed by atoms with Gasteiger partial charge in [0.15, 0.2) is 0 Å². The zero-order chi connectivity index (χ0) is 25.8. The van der Waals surface area contributed by atoms with Crippen LogP contribution in [0.2, 0.25) is 0 Å². The van der Waals surface area contributed by atoms with Crippen molar-refractivity contribution in [2.24, 2.45) is 0 Å². The van der Waals surface area contributed by atoms with E-state index in [9.17, 15) is 0 Å². The van der Waals surface area contributed by atoms with Crippen LogP contribution in [0.5, 0.6) is 0 Å². The summed E-state index contributed by atoms with van der Waals surface area (Å²) >= 11 is 0. The van der Waals surface area contributed by atoms with Crippen LogP contribution in [-0.4, -0.2) is 17.6 Å². The van der Waals surface area contributed by atoms with Crippen molar-refractivity contribution in [3.8, 4) is 0 Å². The Labute approximate surface area is 230 Å². The summed E-state index contributed by atoms with van der Waals surface area (Å²) in [5.74, 6) is 0. The summed E-state index contributed by atoms with van der Waals surface area (Å²) in [4.78, 5) is 0. The maximum atomic E-state index is 2.26. The summed E-state index contributed by atoms with van der Waals surface area (Å²) in [6, 6.07) is 65.3. The van der Waals surface area contributed by atoms with Gasteiger partial charge >= 0.3 is 0 Å². The second kappa shape index (κ2) is 13.3. The van der Waals surface area contributed by atoms with Crippen molar-refractivity contribution in [1.82, 2.24) is 0 Å². The molecule has 0 aliphatic heterocycles. The highest BCUT2D eigenvalue weighted by Gasteiger charge is 2.18. The largest absolute Gasteiger partial charge is 0.132 e. The van der Waals surface area contributed by atoms with Gasteiger partial charge in [-0.2, -0.15) is 0 Å². The molecule has 0 aliphatic carbocycles. The van der Waals surface area contributed by atoms with E-state index in [1.807, 2.05) is 0 Å². The molecule has 0 N–H and O–H groups in total. The average Bonchev–Trinajstić information content (AvgIpc) is 3.01. The van der Waals surface area contributed by atoms with Crippen molar-refractivity contribution in [1.29, 1.82) is 0 Å². The van der Waals surface area contributed by atoms with Gasteiger partial charge in [0.1, 0.15) is 17.6 Å². The molecule has 0 nitrogen and oxygen atoms in total. The van der Waals surface area contributed by atoms with Crippen LogP contribution in [0.3, 0.4) is 0 Å². The van der Waals surface area contributed by atoms with Crippen molar-refractivity contribution in [3.05, 3.63) is 182 Å². The molecule has 38 heavy (non-hydrogen) atoms. The lowest BCUT2D eigenvalue weighted by Gasteiger charge is -2.16. The normalized spacial score (nSPS) is 10.6. The maximum Gasteiger partial charge on any atom is 0.132 e. The summed E-state index contributed by atoms with van der Waals surface area (Å²) in [6.07, 6.45) is 0. The van der Waals surface area contributed by atoms with E-state index >= 15 is 0 Å². The SMILES string of the molecule is c1ccc([SiH](c2ccccc2)c2ccccc2)cc1.c1ccc([SiH](c2ccccc2)c2ccccc2)cc1. The topological polar surface area (TPSA) is 0 Å². The summed E-state index contributed by atoms with van der Waals surface area (Å²) in [5, 5.41) is 8.83. The predicted octanol–water partition coefficient (Wildman–Crippen LogP) is 3.87. The third-order valence-electron chi connectivity index (χ3n) is 6.80. The fraction of sp³-hybridized carbons (Fsp3) is 0. The first-order valence-corrected chi connectivity index (χ1v) is 16.7. The maximum absolute atomic E-state index is 2.26. The monoisotopic (exact) mass is 520 g/mol. The fourth-order valence-electron chi connectivity index (χ4n) is 5.03. The average molecular weight is 521 g/mol. The molecule has 0 unspecified atom stereocenters. The lowest BCUT2D eigenvalue weighted by molar-refractivity contribution is 1.71. The Morgan fingerprint density at radius 3 is 0.447 bits per heavy atom. The number of hydrogen-bond donors (Lipinski definition) is 0. The summed E-state index contributed by atoms with van der Waals surface area (Å²) < 4.78 is 0. The van der Waals surface area contributed by atoms with Crippen LogP contribution in [0.25, 0.3) is 0 Å². The smallest absolute Gasteiger partial charge is 0.0625 e. The van der Waals surface area contributed by atoms with E-state index in [2.05, 4.69) is 182 Å². The molecule has 0 saturated carbocycles. The van der Waals surface area contributed by atoms with Crippen LogP contribution in [0.15, 0.2) is 182 Å². The molecular formula is C36H32Si2. The number of benzene rings is 6. The van der Waals surface area contributed by atoms with Gasteiger partial charge in [0, 0.05) is 0 Å². The molecule has 0 amide bonds. The Hall–Kier alpha value is -4.25. The molecule has 0 bridgehead atoms. The minimum atomic E-state index is -1.31. The first kappa shape index (κ1) is 25.4. The summed E-state index contributed by atoms with van der Waals surface area (Å²) in [6.45, 7) is 0. The van der Waals surface area contributed by atoms with Gasteiger partial charge < -0.3 is 0 Å². The van der Waals surface area contributed by atoms with Gasteiger partial charge in [-0.3, -0.25) is 0 Å². The van der Waals surface area contributed by atoms with Crippen molar-refractivity contribution >= 4 is 48.7 Å². The third-order valence-corrected chi connectivity index (χ3v) is 13.1. The first-order valence-electron chi connectivity index (χ1n) is 13.2. The van der Waals surface area contributed by atoms with Gasteiger partial charge in [-0.25, -0.2) is 0 Å². The van der Waals surface area contributed by atoms with E-state index < -0.39 is 17.6 Å². The predicted molar refractivity (Wildman–Crippen MR) is 171 cm³/mol. The molecule has 0 radical (unpaired) electrons. The van der Waals surface area contributed by atoms with E-state index in [0.717, 1.165) is 0 Å². The molecule has 0 aliphatic rings. The lowest BCUT2D eigenvalue weighted by atomic mass is 10.3. The van der Waals surface area contributed by atoms with E-state index in [1.54, 1.807) is 0 Å². The van der Waals surface area contributed by atoms with E-state index in [0.29, 0.717) is 0 Å². The Balaban J connectivity index is 0.000000155. The number of hydrogen-bond acceptors (Lipinski definition) is 0. The van der Waals surface area contributed by atoms with Gasteiger partial charge in [-0.05, 0) is 0 Å². The fourth-order valence-corrected chi connectivity index (χ4v) is 11.0. The molecule has 184 valence electrons.